The SMILES string of the molecule is COc1cc(OC)cc(-c2noc(-c3ccc4c(=O)n(CCc5ccccc5)c(=O)[nH]c4c3)n2)c1. The third-order valence-electron chi connectivity index (χ3n) is 5.73. The van der Waals surface area contributed by atoms with Crippen LogP contribution in [0.2, 0.25) is 0 Å². The van der Waals surface area contributed by atoms with Crippen molar-refractivity contribution < 1.29 is 14.0 Å². The number of hydrogen-bond donors (Lipinski definition) is 1. The first kappa shape index (κ1) is 22.1. The summed E-state index contributed by atoms with van der Waals surface area (Å²) in [5, 5.41) is 4.46. The zero-order valence-electron chi connectivity index (χ0n) is 19.1. The molecule has 0 bridgehead atoms. The molecule has 5 rings (SSSR count). The molecule has 0 aliphatic heterocycles. The minimum atomic E-state index is -0.467. The van der Waals surface area contributed by atoms with Crippen LogP contribution < -0.4 is 20.7 Å². The molecule has 0 aliphatic carbocycles. The molecule has 0 saturated heterocycles. The summed E-state index contributed by atoms with van der Waals surface area (Å²) in [7, 11) is 3.12. The van der Waals surface area contributed by atoms with E-state index in [1.54, 1.807) is 50.6 Å². The maximum absolute atomic E-state index is 13.0. The summed E-state index contributed by atoms with van der Waals surface area (Å²) in [6, 6.07) is 20.0. The number of ether oxygens (including phenoxy) is 2. The number of nitrogens with one attached hydrogen (secondary N) is 1. The van der Waals surface area contributed by atoms with Gasteiger partial charge in [0.25, 0.3) is 11.4 Å². The van der Waals surface area contributed by atoms with Gasteiger partial charge >= 0.3 is 5.69 Å². The molecule has 0 atom stereocenters. The van der Waals surface area contributed by atoms with Crippen molar-refractivity contribution in [2.24, 2.45) is 0 Å². The topological polar surface area (TPSA) is 112 Å². The van der Waals surface area contributed by atoms with E-state index in [4.69, 9.17) is 14.0 Å². The normalized spacial score (nSPS) is 11.0. The van der Waals surface area contributed by atoms with Crippen molar-refractivity contribution in [3.63, 3.8) is 0 Å². The predicted octanol–water partition coefficient (Wildman–Crippen LogP) is 3.67. The number of H-pyrrole nitrogens is 1. The lowest BCUT2D eigenvalue weighted by Gasteiger charge is -2.07. The first-order valence-corrected chi connectivity index (χ1v) is 10.9. The van der Waals surface area contributed by atoms with Crippen LogP contribution in [0.15, 0.2) is 80.8 Å². The van der Waals surface area contributed by atoms with Crippen molar-refractivity contribution >= 4 is 10.9 Å². The van der Waals surface area contributed by atoms with Crippen LogP contribution >= 0.6 is 0 Å². The van der Waals surface area contributed by atoms with E-state index in [2.05, 4.69) is 15.1 Å². The molecule has 0 spiro atoms. The van der Waals surface area contributed by atoms with E-state index in [9.17, 15) is 9.59 Å². The molecule has 0 fully saturated rings. The van der Waals surface area contributed by atoms with E-state index in [-0.39, 0.29) is 18.0 Å². The summed E-state index contributed by atoms with van der Waals surface area (Å²) in [4.78, 5) is 32.9. The van der Waals surface area contributed by atoms with Gasteiger partial charge in [-0.15, -0.1) is 0 Å². The number of nitrogens with zero attached hydrogens (tertiary/aromatic N) is 3. The molecule has 9 nitrogen and oxygen atoms in total. The van der Waals surface area contributed by atoms with E-state index in [0.29, 0.717) is 45.8 Å². The highest BCUT2D eigenvalue weighted by Crippen LogP contribution is 2.30. The highest BCUT2D eigenvalue weighted by molar-refractivity contribution is 5.82. The fraction of sp³-hybridized carbons (Fsp3) is 0.154. The zero-order valence-corrected chi connectivity index (χ0v) is 19.1. The number of aromatic amines is 1. The highest BCUT2D eigenvalue weighted by atomic mass is 16.5. The third kappa shape index (κ3) is 4.43. The smallest absolute Gasteiger partial charge is 0.328 e. The van der Waals surface area contributed by atoms with Crippen LogP contribution in [0.5, 0.6) is 11.5 Å². The largest absolute Gasteiger partial charge is 0.497 e. The molecule has 0 saturated carbocycles. The van der Waals surface area contributed by atoms with Crippen molar-refractivity contribution in [1.82, 2.24) is 19.7 Å². The maximum Gasteiger partial charge on any atom is 0.328 e. The van der Waals surface area contributed by atoms with Crippen molar-refractivity contribution in [3.05, 3.63) is 93.1 Å². The molecular weight excluding hydrogens is 448 g/mol. The summed E-state index contributed by atoms with van der Waals surface area (Å²) in [6.45, 7) is 0.285. The second-order valence-corrected chi connectivity index (χ2v) is 7.91. The fourth-order valence-corrected chi connectivity index (χ4v) is 3.87. The fourth-order valence-electron chi connectivity index (χ4n) is 3.87. The number of methoxy groups -OCH3 is 2. The number of fused-ring (bicyclic) bond motifs is 1. The van der Waals surface area contributed by atoms with Crippen LogP contribution in [0.3, 0.4) is 0 Å². The van der Waals surface area contributed by atoms with Gasteiger partial charge in [0.05, 0.1) is 25.1 Å². The molecule has 2 heterocycles. The van der Waals surface area contributed by atoms with Crippen molar-refractivity contribution in [2.45, 2.75) is 13.0 Å². The number of rotatable bonds is 7. The Labute approximate surface area is 199 Å². The second kappa shape index (κ2) is 9.30. The third-order valence-corrected chi connectivity index (χ3v) is 5.73. The second-order valence-electron chi connectivity index (χ2n) is 7.91. The molecule has 2 aromatic heterocycles. The van der Waals surface area contributed by atoms with E-state index >= 15 is 0 Å². The molecular formula is C26H22N4O5. The quantitative estimate of drug-likeness (QED) is 0.386. The number of hydrogen-bond acceptors (Lipinski definition) is 7. The summed E-state index contributed by atoms with van der Waals surface area (Å²) in [5.74, 6) is 1.79. The van der Waals surface area contributed by atoms with E-state index in [1.807, 2.05) is 30.3 Å². The van der Waals surface area contributed by atoms with Crippen LogP contribution in [0.4, 0.5) is 0 Å². The Kier molecular flexibility index (Phi) is 5.88. The first-order chi connectivity index (χ1) is 17.1. The van der Waals surface area contributed by atoms with Gasteiger partial charge in [0.2, 0.25) is 5.82 Å². The van der Waals surface area contributed by atoms with Gasteiger partial charge in [-0.2, -0.15) is 4.98 Å². The lowest BCUT2D eigenvalue weighted by molar-refractivity contribution is 0.394. The Balaban J connectivity index is 1.46. The van der Waals surface area contributed by atoms with Crippen molar-refractivity contribution in [3.8, 4) is 34.3 Å². The van der Waals surface area contributed by atoms with E-state index < -0.39 is 5.69 Å². The molecule has 35 heavy (non-hydrogen) atoms. The van der Waals surface area contributed by atoms with Gasteiger partial charge in [-0.1, -0.05) is 35.5 Å². The molecule has 3 aromatic carbocycles. The standard InChI is InChI=1S/C26H22N4O5/c1-33-19-12-18(13-20(15-19)34-2)23-28-24(35-29-23)17-8-9-21-22(14-17)27-26(32)30(25(21)31)11-10-16-6-4-3-5-7-16/h3-9,12-15H,10-11H2,1-2H3,(H,27,32). The van der Waals surface area contributed by atoms with E-state index in [0.717, 1.165) is 5.56 Å². The molecule has 0 radical (unpaired) electrons. The molecule has 1 N–H and O–H groups in total. The number of aryl methyl sites for hydroxylation is 1. The summed E-state index contributed by atoms with van der Waals surface area (Å²) in [5.41, 5.74) is 1.87. The maximum atomic E-state index is 13.0. The minimum Gasteiger partial charge on any atom is -0.497 e. The summed E-state index contributed by atoms with van der Waals surface area (Å²) >= 11 is 0. The molecule has 176 valence electrons. The Bertz CT molecular complexity index is 1600. The van der Waals surface area contributed by atoms with Crippen LogP contribution in [0, 0.1) is 0 Å². The molecule has 0 unspecified atom stereocenters. The Hall–Kier alpha value is -4.66. The lowest BCUT2D eigenvalue weighted by atomic mass is 10.1. The number of benzene rings is 3. The Morgan fingerprint density at radius 3 is 2.37 bits per heavy atom. The lowest BCUT2D eigenvalue weighted by Crippen LogP contribution is -2.35. The molecule has 9 heteroatoms. The van der Waals surface area contributed by atoms with Gasteiger partial charge in [-0.3, -0.25) is 9.36 Å². The predicted molar refractivity (Wildman–Crippen MR) is 131 cm³/mol. The van der Waals surface area contributed by atoms with Crippen LogP contribution in [0.25, 0.3) is 33.7 Å². The summed E-state index contributed by atoms with van der Waals surface area (Å²) < 4.78 is 17.3. The van der Waals surface area contributed by atoms with Crippen LogP contribution in [-0.4, -0.2) is 33.9 Å². The van der Waals surface area contributed by atoms with Gasteiger partial charge in [-0.05, 0) is 42.3 Å². The van der Waals surface area contributed by atoms with Gasteiger partial charge in [-0.25, -0.2) is 4.79 Å². The monoisotopic (exact) mass is 470 g/mol. The Morgan fingerprint density at radius 1 is 0.914 bits per heavy atom. The van der Waals surface area contributed by atoms with Crippen LogP contribution in [-0.2, 0) is 13.0 Å². The van der Waals surface area contributed by atoms with Gasteiger partial charge in [0.15, 0.2) is 0 Å². The molecule has 5 aromatic rings. The first-order valence-electron chi connectivity index (χ1n) is 10.9. The molecule has 0 aliphatic rings. The summed E-state index contributed by atoms with van der Waals surface area (Å²) in [6.07, 6.45) is 0.577. The van der Waals surface area contributed by atoms with Gasteiger partial charge < -0.3 is 19.0 Å². The highest BCUT2D eigenvalue weighted by Gasteiger charge is 2.15. The average Bonchev–Trinajstić information content (AvgIpc) is 3.39. The average molecular weight is 470 g/mol. The van der Waals surface area contributed by atoms with Crippen LogP contribution in [0.1, 0.15) is 5.56 Å². The molecule has 0 amide bonds. The van der Waals surface area contributed by atoms with Crippen molar-refractivity contribution in [1.29, 1.82) is 0 Å². The van der Waals surface area contributed by atoms with E-state index in [1.165, 1.54) is 4.57 Å². The zero-order chi connectivity index (χ0) is 24.4. The number of aromatic nitrogens is 4. The van der Waals surface area contributed by atoms with Crippen molar-refractivity contribution in [2.75, 3.05) is 14.2 Å². The Morgan fingerprint density at radius 2 is 1.66 bits per heavy atom. The van der Waals surface area contributed by atoms with Gasteiger partial charge in [0.1, 0.15) is 11.5 Å². The minimum absolute atomic E-state index is 0.248. The van der Waals surface area contributed by atoms with Gasteiger partial charge in [0, 0.05) is 23.7 Å².